The number of nitrogens with zero attached hydrogens (tertiary/aromatic N) is 3. The van der Waals surface area contributed by atoms with E-state index in [9.17, 15) is 18.8 Å². The molecular formula is C28H24FN3O3S. The molecule has 0 unspecified atom stereocenters. The van der Waals surface area contributed by atoms with E-state index >= 15 is 0 Å². The first-order valence-electron chi connectivity index (χ1n) is 11.7. The number of hydrogen-bond donors (Lipinski definition) is 0. The lowest BCUT2D eigenvalue weighted by Gasteiger charge is -2.36. The Morgan fingerprint density at radius 3 is 2.19 bits per heavy atom. The topological polar surface area (TPSA) is 60.9 Å². The van der Waals surface area contributed by atoms with Gasteiger partial charge in [-0.25, -0.2) is 4.39 Å². The molecule has 0 bridgehead atoms. The van der Waals surface area contributed by atoms with E-state index in [0.29, 0.717) is 29.1 Å². The Balaban J connectivity index is 1.20. The molecule has 0 aromatic heterocycles. The van der Waals surface area contributed by atoms with Crippen LogP contribution in [0.2, 0.25) is 0 Å². The Labute approximate surface area is 213 Å². The third kappa shape index (κ3) is 5.18. The lowest BCUT2D eigenvalue weighted by molar-refractivity contribution is -0.123. The number of piperazine rings is 1. The van der Waals surface area contributed by atoms with Gasteiger partial charge in [-0.1, -0.05) is 42.5 Å². The Morgan fingerprint density at radius 1 is 0.861 bits per heavy atom. The van der Waals surface area contributed by atoms with Crippen LogP contribution in [-0.4, -0.2) is 53.0 Å². The maximum Gasteiger partial charge on any atom is 0.293 e. The van der Waals surface area contributed by atoms with Crippen LogP contribution in [0.3, 0.4) is 0 Å². The second-order valence-corrected chi connectivity index (χ2v) is 9.62. The molecule has 6 nitrogen and oxygen atoms in total. The maximum absolute atomic E-state index is 13.1. The first kappa shape index (κ1) is 23.8. The highest BCUT2D eigenvalue weighted by Gasteiger charge is 2.35. The molecular weight excluding hydrogens is 477 g/mol. The summed E-state index contributed by atoms with van der Waals surface area (Å²) in [5.41, 5.74) is 3.15. The van der Waals surface area contributed by atoms with Gasteiger partial charge in [-0.05, 0) is 65.4 Å². The SMILES string of the molecule is O=C(c1ccc(/C=C2\SC(=O)N(Cc3ccc(F)cc3)C2=O)cc1)N1CCN(c2ccccc2)CC1. The number of carbonyl (C=O) groups is 3. The predicted octanol–water partition coefficient (Wildman–Crippen LogP) is 5.02. The predicted molar refractivity (Wildman–Crippen MR) is 139 cm³/mol. The fraction of sp³-hybridized carbons (Fsp3) is 0.179. The number of benzene rings is 3. The standard InChI is InChI=1S/C28H24FN3O3S/c29-23-12-8-21(9-13-23)19-32-27(34)25(36-28(32)35)18-20-6-10-22(11-7-20)26(33)31-16-14-30(15-17-31)24-4-2-1-3-5-24/h1-13,18H,14-17,19H2/b25-18-. The molecule has 8 heteroatoms. The largest absolute Gasteiger partial charge is 0.368 e. The molecule has 2 heterocycles. The Morgan fingerprint density at radius 2 is 1.53 bits per heavy atom. The van der Waals surface area contributed by atoms with Gasteiger partial charge in [0, 0.05) is 37.4 Å². The first-order chi connectivity index (χ1) is 17.5. The molecule has 0 atom stereocenters. The van der Waals surface area contributed by atoms with Crippen molar-refractivity contribution in [3.63, 3.8) is 0 Å². The molecule has 2 aliphatic heterocycles. The smallest absolute Gasteiger partial charge is 0.293 e. The molecule has 0 spiro atoms. The number of carbonyl (C=O) groups excluding carboxylic acids is 3. The normalized spacial score (nSPS) is 17.2. The summed E-state index contributed by atoms with van der Waals surface area (Å²) in [5, 5.41) is -0.364. The van der Waals surface area contributed by atoms with Gasteiger partial charge < -0.3 is 9.80 Å². The average molecular weight is 502 g/mol. The van der Waals surface area contributed by atoms with E-state index in [-0.39, 0.29) is 29.4 Å². The van der Waals surface area contributed by atoms with Crippen molar-refractivity contribution in [2.45, 2.75) is 6.54 Å². The summed E-state index contributed by atoms with van der Waals surface area (Å²) >= 11 is 0.875. The van der Waals surface area contributed by atoms with E-state index in [0.717, 1.165) is 41.0 Å². The molecule has 182 valence electrons. The number of anilines is 1. The highest BCUT2D eigenvalue weighted by atomic mass is 32.2. The van der Waals surface area contributed by atoms with Crippen molar-refractivity contribution in [3.05, 3.63) is 106 Å². The number of para-hydroxylation sites is 1. The summed E-state index contributed by atoms with van der Waals surface area (Å²) in [6, 6.07) is 22.9. The summed E-state index contributed by atoms with van der Waals surface area (Å²) in [5.74, 6) is -0.774. The molecule has 0 saturated carbocycles. The lowest BCUT2D eigenvalue weighted by atomic mass is 10.1. The van der Waals surface area contributed by atoms with Crippen molar-refractivity contribution in [2.24, 2.45) is 0 Å². The van der Waals surface area contributed by atoms with E-state index < -0.39 is 0 Å². The van der Waals surface area contributed by atoms with Crippen LogP contribution in [-0.2, 0) is 11.3 Å². The Kier molecular flexibility index (Phi) is 6.86. The monoisotopic (exact) mass is 501 g/mol. The summed E-state index contributed by atoms with van der Waals surface area (Å²) in [6.07, 6.45) is 1.66. The second-order valence-electron chi connectivity index (χ2n) is 8.63. The molecule has 0 N–H and O–H groups in total. The van der Waals surface area contributed by atoms with Crippen molar-refractivity contribution < 1.29 is 18.8 Å². The minimum atomic E-state index is -0.384. The van der Waals surface area contributed by atoms with Crippen LogP contribution in [0.4, 0.5) is 14.9 Å². The first-order valence-corrected chi connectivity index (χ1v) is 12.5. The molecule has 5 rings (SSSR count). The highest BCUT2D eigenvalue weighted by Crippen LogP contribution is 2.33. The van der Waals surface area contributed by atoms with E-state index in [2.05, 4.69) is 17.0 Å². The highest BCUT2D eigenvalue weighted by molar-refractivity contribution is 8.18. The fourth-order valence-electron chi connectivity index (χ4n) is 4.27. The summed E-state index contributed by atoms with van der Waals surface area (Å²) < 4.78 is 13.1. The molecule has 2 aliphatic rings. The van der Waals surface area contributed by atoms with Gasteiger partial charge in [-0.2, -0.15) is 0 Å². The van der Waals surface area contributed by atoms with Gasteiger partial charge in [0.25, 0.3) is 17.1 Å². The molecule has 3 aromatic rings. The van der Waals surface area contributed by atoms with E-state index in [4.69, 9.17) is 0 Å². The third-order valence-electron chi connectivity index (χ3n) is 6.27. The van der Waals surface area contributed by atoms with Gasteiger partial charge in [0.15, 0.2) is 0 Å². The van der Waals surface area contributed by atoms with Crippen LogP contribution >= 0.6 is 11.8 Å². The summed E-state index contributed by atoms with van der Waals surface area (Å²) in [4.78, 5) is 43.8. The van der Waals surface area contributed by atoms with Gasteiger partial charge in [-0.3, -0.25) is 19.3 Å². The lowest BCUT2D eigenvalue weighted by Crippen LogP contribution is -2.48. The summed E-state index contributed by atoms with van der Waals surface area (Å²) in [7, 11) is 0. The zero-order valence-corrected chi connectivity index (χ0v) is 20.3. The van der Waals surface area contributed by atoms with Crippen molar-refractivity contribution in [2.75, 3.05) is 31.1 Å². The van der Waals surface area contributed by atoms with Crippen LogP contribution in [0.15, 0.2) is 83.8 Å². The number of rotatable bonds is 5. The van der Waals surface area contributed by atoms with Crippen molar-refractivity contribution in [3.8, 4) is 0 Å². The van der Waals surface area contributed by atoms with Gasteiger partial charge in [-0.15, -0.1) is 0 Å². The average Bonchev–Trinajstić information content (AvgIpc) is 3.18. The zero-order chi connectivity index (χ0) is 25.1. The molecule has 36 heavy (non-hydrogen) atoms. The van der Waals surface area contributed by atoms with Gasteiger partial charge in [0.05, 0.1) is 11.4 Å². The van der Waals surface area contributed by atoms with Crippen LogP contribution < -0.4 is 4.90 Å². The number of amides is 3. The molecule has 2 saturated heterocycles. The molecule has 0 aliphatic carbocycles. The zero-order valence-electron chi connectivity index (χ0n) is 19.5. The van der Waals surface area contributed by atoms with Gasteiger partial charge in [0.1, 0.15) is 5.82 Å². The molecule has 3 aromatic carbocycles. The van der Waals surface area contributed by atoms with Crippen LogP contribution in [0.5, 0.6) is 0 Å². The van der Waals surface area contributed by atoms with E-state index in [1.807, 2.05) is 23.1 Å². The molecule has 0 radical (unpaired) electrons. The number of hydrogen-bond acceptors (Lipinski definition) is 5. The van der Waals surface area contributed by atoms with Gasteiger partial charge in [0.2, 0.25) is 0 Å². The molecule has 2 fully saturated rings. The molecule has 3 amide bonds. The van der Waals surface area contributed by atoms with Crippen molar-refractivity contribution >= 4 is 40.6 Å². The number of thioether (sulfide) groups is 1. The van der Waals surface area contributed by atoms with Crippen LogP contribution in [0.1, 0.15) is 21.5 Å². The van der Waals surface area contributed by atoms with Crippen molar-refractivity contribution in [1.29, 1.82) is 0 Å². The second kappa shape index (κ2) is 10.4. The Hall–Kier alpha value is -3.91. The number of imide groups is 1. The number of halogens is 1. The fourth-order valence-corrected chi connectivity index (χ4v) is 5.11. The van der Waals surface area contributed by atoms with E-state index in [1.54, 1.807) is 42.5 Å². The quantitative estimate of drug-likeness (QED) is 0.459. The maximum atomic E-state index is 13.1. The van der Waals surface area contributed by atoms with Crippen LogP contribution in [0.25, 0.3) is 6.08 Å². The van der Waals surface area contributed by atoms with Crippen molar-refractivity contribution in [1.82, 2.24) is 9.80 Å². The third-order valence-corrected chi connectivity index (χ3v) is 7.18. The summed E-state index contributed by atoms with van der Waals surface area (Å²) in [6.45, 7) is 2.95. The minimum absolute atomic E-state index is 0.0196. The Bertz CT molecular complexity index is 1300. The minimum Gasteiger partial charge on any atom is -0.368 e. The van der Waals surface area contributed by atoms with E-state index in [1.165, 1.54) is 12.1 Å². The van der Waals surface area contributed by atoms with Gasteiger partial charge >= 0.3 is 0 Å². The van der Waals surface area contributed by atoms with Crippen LogP contribution in [0, 0.1) is 5.82 Å².